The minimum atomic E-state index is -3.58. The zero-order valence-corrected chi connectivity index (χ0v) is 17.9. The molecule has 0 aliphatic heterocycles. The Morgan fingerprint density at radius 3 is 2.04 bits per heavy atom. The molecule has 1 amide bonds. The van der Waals surface area contributed by atoms with Crippen LogP contribution < -0.4 is 5.32 Å². The second-order valence-corrected chi connectivity index (χ2v) is 10.1. The summed E-state index contributed by atoms with van der Waals surface area (Å²) in [6.07, 6.45) is 0. The molecule has 1 N–H and O–H groups in total. The smallest absolute Gasteiger partial charge is 0.255 e. The number of nitrogens with one attached hydrogen (secondary N) is 1. The van der Waals surface area contributed by atoms with Crippen LogP contribution in [-0.2, 0) is 15.4 Å². The molecule has 2 rings (SSSR count). The fourth-order valence-electron chi connectivity index (χ4n) is 2.63. The van der Waals surface area contributed by atoms with Crippen molar-refractivity contribution in [2.75, 3.05) is 19.4 Å². The molecule has 27 heavy (non-hydrogen) atoms. The fourth-order valence-corrected chi connectivity index (χ4v) is 3.65. The van der Waals surface area contributed by atoms with Gasteiger partial charge in [-0.3, -0.25) is 4.79 Å². The Morgan fingerprint density at radius 2 is 1.56 bits per heavy atom. The van der Waals surface area contributed by atoms with Crippen LogP contribution in [0.4, 0.5) is 5.69 Å². The van der Waals surface area contributed by atoms with E-state index in [-0.39, 0.29) is 16.2 Å². The standard InChI is InChI=1S/C21H28N2O3S/c1-14-12-18(27(25,26)23(6)7)13-19(15(14)2)22-20(24)16-8-10-17(11-9-16)21(3,4)5/h8-13H,1-7H3,(H,22,24). The maximum absolute atomic E-state index is 12.7. The van der Waals surface area contributed by atoms with Crippen LogP contribution in [0.3, 0.4) is 0 Å². The molecule has 0 atom stereocenters. The van der Waals surface area contributed by atoms with Crippen molar-refractivity contribution in [3.8, 4) is 0 Å². The van der Waals surface area contributed by atoms with E-state index in [1.54, 1.807) is 18.2 Å². The van der Waals surface area contributed by atoms with Crippen LogP contribution in [-0.4, -0.2) is 32.7 Å². The topological polar surface area (TPSA) is 66.5 Å². The Morgan fingerprint density at radius 1 is 1.00 bits per heavy atom. The summed E-state index contributed by atoms with van der Waals surface area (Å²) in [7, 11) is -0.608. The average molecular weight is 389 g/mol. The Kier molecular flexibility index (Phi) is 5.82. The zero-order valence-electron chi connectivity index (χ0n) is 17.0. The van der Waals surface area contributed by atoms with Crippen LogP contribution in [0.2, 0.25) is 0 Å². The number of carbonyl (C=O) groups is 1. The van der Waals surface area contributed by atoms with Crippen LogP contribution in [0.5, 0.6) is 0 Å². The summed E-state index contributed by atoms with van der Waals surface area (Å²) in [4.78, 5) is 12.8. The Hall–Kier alpha value is -2.18. The lowest BCUT2D eigenvalue weighted by Gasteiger charge is -2.19. The highest BCUT2D eigenvalue weighted by molar-refractivity contribution is 7.89. The maximum atomic E-state index is 12.7. The molecule has 0 aromatic heterocycles. The lowest BCUT2D eigenvalue weighted by Crippen LogP contribution is -2.23. The number of sulfonamides is 1. The van der Waals surface area contributed by atoms with E-state index in [0.717, 1.165) is 21.0 Å². The van der Waals surface area contributed by atoms with Crippen LogP contribution in [0.1, 0.15) is 47.8 Å². The molecule has 6 heteroatoms. The van der Waals surface area contributed by atoms with E-state index >= 15 is 0 Å². The van der Waals surface area contributed by atoms with Crippen LogP contribution >= 0.6 is 0 Å². The highest BCUT2D eigenvalue weighted by Crippen LogP contribution is 2.27. The molecule has 2 aromatic carbocycles. The van der Waals surface area contributed by atoms with E-state index in [0.29, 0.717) is 11.3 Å². The van der Waals surface area contributed by atoms with Crippen molar-refractivity contribution in [3.63, 3.8) is 0 Å². The molecular formula is C21H28N2O3S. The summed E-state index contributed by atoms with van der Waals surface area (Å²) in [5, 5.41) is 2.86. The average Bonchev–Trinajstić information content (AvgIpc) is 2.57. The van der Waals surface area contributed by atoms with Crippen LogP contribution in [0.15, 0.2) is 41.3 Å². The van der Waals surface area contributed by atoms with Gasteiger partial charge in [-0.1, -0.05) is 32.9 Å². The summed E-state index contributed by atoms with van der Waals surface area (Å²) in [6.45, 7) is 10.0. The third-order valence-corrected chi connectivity index (χ3v) is 6.47. The molecule has 0 aliphatic carbocycles. The number of hydrogen-bond donors (Lipinski definition) is 1. The number of benzene rings is 2. The van der Waals surface area contributed by atoms with Gasteiger partial charge in [0.1, 0.15) is 0 Å². The summed E-state index contributed by atoms with van der Waals surface area (Å²) in [5.41, 5.74) is 3.83. The second-order valence-electron chi connectivity index (χ2n) is 7.98. The molecule has 0 spiro atoms. The number of rotatable bonds is 4. The molecule has 0 unspecified atom stereocenters. The van der Waals surface area contributed by atoms with E-state index in [1.165, 1.54) is 20.2 Å². The van der Waals surface area contributed by atoms with E-state index in [9.17, 15) is 13.2 Å². The Bertz CT molecular complexity index is 954. The Labute approximate surface area is 162 Å². The lowest BCUT2D eigenvalue weighted by atomic mass is 9.86. The first-order valence-corrected chi connectivity index (χ1v) is 10.2. The van der Waals surface area contributed by atoms with Gasteiger partial charge < -0.3 is 5.32 Å². The van der Waals surface area contributed by atoms with E-state index in [2.05, 4.69) is 26.1 Å². The normalized spacial score (nSPS) is 12.3. The van der Waals surface area contributed by atoms with Gasteiger partial charge in [0, 0.05) is 25.3 Å². The third-order valence-electron chi connectivity index (χ3n) is 4.68. The molecule has 0 heterocycles. The monoisotopic (exact) mass is 388 g/mol. The number of hydrogen-bond acceptors (Lipinski definition) is 3. The molecule has 0 fully saturated rings. The Balaban J connectivity index is 2.36. The zero-order chi connectivity index (χ0) is 20.6. The quantitative estimate of drug-likeness (QED) is 0.857. The molecule has 0 radical (unpaired) electrons. The molecular weight excluding hydrogens is 360 g/mol. The van der Waals surface area contributed by atoms with Crippen LogP contribution in [0, 0.1) is 13.8 Å². The van der Waals surface area contributed by atoms with Crippen molar-refractivity contribution in [1.29, 1.82) is 0 Å². The van der Waals surface area contributed by atoms with E-state index in [1.807, 2.05) is 26.0 Å². The first kappa shape index (κ1) is 21.1. The SMILES string of the molecule is Cc1cc(S(=O)(=O)N(C)C)cc(NC(=O)c2ccc(C(C)(C)C)cc2)c1C. The van der Waals surface area contributed by atoms with Gasteiger partial charge in [-0.05, 0) is 60.2 Å². The highest BCUT2D eigenvalue weighted by atomic mass is 32.2. The lowest BCUT2D eigenvalue weighted by molar-refractivity contribution is 0.102. The van der Waals surface area contributed by atoms with E-state index in [4.69, 9.17) is 0 Å². The summed E-state index contributed by atoms with van der Waals surface area (Å²) in [6, 6.07) is 10.6. The number of aryl methyl sites for hydroxylation is 1. The van der Waals surface area contributed by atoms with Gasteiger partial charge in [-0.2, -0.15) is 0 Å². The molecule has 5 nitrogen and oxygen atoms in total. The predicted octanol–water partition coefficient (Wildman–Crippen LogP) is 4.10. The second kappa shape index (κ2) is 7.44. The molecule has 0 saturated carbocycles. The number of amides is 1. The van der Waals surface area contributed by atoms with Gasteiger partial charge >= 0.3 is 0 Å². The minimum Gasteiger partial charge on any atom is -0.322 e. The van der Waals surface area contributed by atoms with Gasteiger partial charge in [0.15, 0.2) is 0 Å². The molecule has 0 bridgehead atoms. The summed E-state index contributed by atoms with van der Waals surface area (Å²) < 4.78 is 26.1. The fraction of sp³-hybridized carbons (Fsp3) is 0.381. The van der Waals surface area contributed by atoms with Crippen LogP contribution in [0.25, 0.3) is 0 Å². The maximum Gasteiger partial charge on any atom is 0.255 e. The molecule has 0 aliphatic rings. The third kappa shape index (κ3) is 4.57. The molecule has 146 valence electrons. The highest BCUT2D eigenvalue weighted by Gasteiger charge is 2.20. The number of nitrogens with zero attached hydrogens (tertiary/aromatic N) is 1. The summed E-state index contributed by atoms with van der Waals surface area (Å²) in [5.74, 6) is -0.266. The van der Waals surface area contributed by atoms with Crippen molar-refractivity contribution in [2.45, 2.75) is 44.9 Å². The van der Waals surface area contributed by atoms with Crippen molar-refractivity contribution in [1.82, 2.24) is 4.31 Å². The number of carbonyl (C=O) groups excluding carboxylic acids is 1. The van der Waals surface area contributed by atoms with Gasteiger partial charge in [-0.15, -0.1) is 0 Å². The van der Waals surface area contributed by atoms with Gasteiger partial charge in [-0.25, -0.2) is 12.7 Å². The predicted molar refractivity (Wildman–Crippen MR) is 110 cm³/mol. The number of anilines is 1. The van der Waals surface area contributed by atoms with Crippen molar-refractivity contribution in [3.05, 3.63) is 58.7 Å². The van der Waals surface area contributed by atoms with Crippen molar-refractivity contribution >= 4 is 21.6 Å². The largest absolute Gasteiger partial charge is 0.322 e. The first-order valence-electron chi connectivity index (χ1n) is 8.79. The molecule has 2 aromatic rings. The van der Waals surface area contributed by atoms with Crippen molar-refractivity contribution < 1.29 is 13.2 Å². The van der Waals surface area contributed by atoms with Gasteiger partial charge in [0.2, 0.25) is 10.0 Å². The van der Waals surface area contributed by atoms with Gasteiger partial charge in [0.05, 0.1) is 4.90 Å². The minimum absolute atomic E-state index is 0.0115. The van der Waals surface area contributed by atoms with Crippen molar-refractivity contribution in [2.24, 2.45) is 0 Å². The van der Waals surface area contributed by atoms with E-state index < -0.39 is 10.0 Å². The first-order chi connectivity index (χ1) is 12.3. The summed E-state index contributed by atoms with van der Waals surface area (Å²) >= 11 is 0. The molecule has 0 saturated heterocycles. The van der Waals surface area contributed by atoms with Gasteiger partial charge in [0.25, 0.3) is 5.91 Å².